The van der Waals surface area contributed by atoms with Crippen LogP contribution in [-0.4, -0.2) is 64.5 Å². The molecule has 0 fully saturated rings. The van der Waals surface area contributed by atoms with Crippen molar-refractivity contribution in [3.8, 4) is 0 Å². The van der Waals surface area contributed by atoms with Gasteiger partial charge < -0.3 is 31.9 Å². The van der Waals surface area contributed by atoms with Crippen molar-refractivity contribution in [3.63, 3.8) is 0 Å². The molecule has 3 atom stereocenters. The van der Waals surface area contributed by atoms with Gasteiger partial charge in [-0.3, -0.25) is 19.2 Å². The van der Waals surface area contributed by atoms with E-state index in [4.69, 9.17) is 15.9 Å². The van der Waals surface area contributed by atoms with E-state index in [-0.39, 0.29) is 5.92 Å². The van der Waals surface area contributed by atoms with Gasteiger partial charge in [-0.15, -0.1) is 0 Å². The van der Waals surface area contributed by atoms with Crippen LogP contribution in [0.2, 0.25) is 0 Å². The molecule has 0 aliphatic rings. The molecular formula is C15H26N4O7. The topological polar surface area (TPSA) is 188 Å². The molecule has 148 valence electrons. The molecule has 0 saturated heterocycles. The average Bonchev–Trinajstić information content (AvgIpc) is 2.50. The minimum atomic E-state index is -1.61. The summed E-state index contributed by atoms with van der Waals surface area (Å²) in [7, 11) is 0. The predicted octanol–water partition coefficient (Wildman–Crippen LogP) is -1.98. The second-order valence-electron chi connectivity index (χ2n) is 6.25. The fraction of sp³-hybridized carbons (Fsp3) is 0.667. The molecule has 0 radical (unpaired) electrons. The summed E-state index contributed by atoms with van der Waals surface area (Å²) >= 11 is 0. The van der Waals surface area contributed by atoms with Gasteiger partial charge in [-0.25, -0.2) is 4.79 Å². The van der Waals surface area contributed by atoms with Crippen molar-refractivity contribution in [2.75, 3.05) is 6.54 Å². The minimum Gasteiger partial charge on any atom is -0.481 e. The summed E-state index contributed by atoms with van der Waals surface area (Å²) in [5, 5.41) is 24.2. The summed E-state index contributed by atoms with van der Waals surface area (Å²) in [6, 6.07) is -3.33. The summed E-state index contributed by atoms with van der Waals surface area (Å²) in [4.78, 5) is 57.1. The summed E-state index contributed by atoms with van der Waals surface area (Å²) in [5.41, 5.74) is 5.45. The molecule has 7 N–H and O–H groups in total. The van der Waals surface area contributed by atoms with Crippen LogP contribution in [0.4, 0.5) is 0 Å². The molecule has 0 rings (SSSR count). The SMILES string of the molecule is CC(C)CC(NC(=O)C(C)N)C(=O)NCC(=O)NC(CC(=O)O)C(=O)O. The number of carbonyl (C=O) groups is 5. The van der Waals surface area contributed by atoms with E-state index in [1.807, 2.05) is 19.2 Å². The normalized spacial score (nSPS) is 14.0. The van der Waals surface area contributed by atoms with Crippen LogP contribution in [0.15, 0.2) is 0 Å². The maximum atomic E-state index is 12.2. The molecule has 0 aromatic heterocycles. The van der Waals surface area contributed by atoms with Gasteiger partial charge in [0.15, 0.2) is 0 Å². The molecule has 0 saturated carbocycles. The van der Waals surface area contributed by atoms with Crippen LogP contribution in [0.1, 0.15) is 33.6 Å². The highest BCUT2D eigenvalue weighted by molar-refractivity contribution is 5.93. The smallest absolute Gasteiger partial charge is 0.326 e. The first-order valence-electron chi connectivity index (χ1n) is 8.01. The number of hydrogen-bond donors (Lipinski definition) is 6. The number of nitrogens with two attached hydrogens (primary N) is 1. The Morgan fingerprint density at radius 1 is 0.923 bits per heavy atom. The molecule has 0 heterocycles. The third-order valence-electron chi connectivity index (χ3n) is 3.19. The first kappa shape index (κ1) is 23.3. The van der Waals surface area contributed by atoms with Gasteiger partial charge in [0.25, 0.3) is 0 Å². The zero-order chi connectivity index (χ0) is 20.4. The van der Waals surface area contributed by atoms with Crippen molar-refractivity contribution in [1.82, 2.24) is 16.0 Å². The number of hydrogen-bond acceptors (Lipinski definition) is 6. The summed E-state index contributed by atoms with van der Waals surface area (Å²) in [5.74, 6) is -4.85. The van der Waals surface area contributed by atoms with E-state index in [1.54, 1.807) is 0 Å². The van der Waals surface area contributed by atoms with Gasteiger partial charge in [0.1, 0.15) is 12.1 Å². The van der Waals surface area contributed by atoms with Gasteiger partial charge >= 0.3 is 11.9 Å². The van der Waals surface area contributed by atoms with Crippen LogP contribution >= 0.6 is 0 Å². The van der Waals surface area contributed by atoms with Crippen molar-refractivity contribution < 1.29 is 34.2 Å². The molecule has 11 heteroatoms. The highest BCUT2D eigenvalue weighted by atomic mass is 16.4. The second-order valence-corrected chi connectivity index (χ2v) is 6.25. The van der Waals surface area contributed by atoms with Gasteiger partial charge in [0.2, 0.25) is 17.7 Å². The van der Waals surface area contributed by atoms with E-state index in [2.05, 4.69) is 10.6 Å². The van der Waals surface area contributed by atoms with Gasteiger partial charge in [0.05, 0.1) is 19.0 Å². The van der Waals surface area contributed by atoms with Crippen LogP contribution in [0.3, 0.4) is 0 Å². The predicted molar refractivity (Wildman–Crippen MR) is 89.9 cm³/mol. The third kappa shape index (κ3) is 9.57. The molecule has 0 aromatic carbocycles. The largest absolute Gasteiger partial charge is 0.481 e. The van der Waals surface area contributed by atoms with E-state index in [0.29, 0.717) is 6.42 Å². The molecular weight excluding hydrogens is 348 g/mol. The summed E-state index contributed by atoms with van der Waals surface area (Å²) in [6.45, 7) is 4.58. The Bertz CT molecular complexity index is 548. The monoisotopic (exact) mass is 374 g/mol. The minimum absolute atomic E-state index is 0.0694. The van der Waals surface area contributed by atoms with Crippen LogP contribution in [0, 0.1) is 5.92 Å². The highest BCUT2D eigenvalue weighted by Crippen LogP contribution is 2.05. The number of carboxylic acids is 2. The summed E-state index contributed by atoms with van der Waals surface area (Å²) in [6.07, 6.45) is -0.488. The Morgan fingerprint density at radius 2 is 1.50 bits per heavy atom. The van der Waals surface area contributed by atoms with E-state index < -0.39 is 60.8 Å². The molecule has 11 nitrogen and oxygen atoms in total. The number of carbonyl (C=O) groups excluding carboxylic acids is 3. The Balaban J connectivity index is 4.73. The molecule has 3 unspecified atom stereocenters. The van der Waals surface area contributed by atoms with Crippen LogP contribution in [0.25, 0.3) is 0 Å². The standard InChI is InChI=1S/C15H26N4O7/c1-7(2)4-9(19-13(23)8(3)16)14(24)17-6-11(20)18-10(15(25)26)5-12(21)22/h7-10H,4-6,16H2,1-3H3,(H,17,24)(H,18,20)(H,19,23)(H,21,22)(H,25,26). The van der Waals surface area contributed by atoms with Gasteiger partial charge in [-0.2, -0.15) is 0 Å². The quantitative estimate of drug-likeness (QED) is 0.240. The first-order valence-corrected chi connectivity index (χ1v) is 8.01. The van der Waals surface area contributed by atoms with Crippen LogP contribution in [0.5, 0.6) is 0 Å². The number of aliphatic carboxylic acids is 2. The zero-order valence-electron chi connectivity index (χ0n) is 14.9. The van der Waals surface area contributed by atoms with Gasteiger partial charge in [-0.1, -0.05) is 13.8 Å². The molecule has 26 heavy (non-hydrogen) atoms. The molecule has 0 spiro atoms. The lowest BCUT2D eigenvalue weighted by molar-refractivity contribution is -0.147. The van der Waals surface area contributed by atoms with Crippen molar-refractivity contribution >= 4 is 29.7 Å². The Hall–Kier alpha value is -2.69. The molecule has 0 bridgehead atoms. The zero-order valence-corrected chi connectivity index (χ0v) is 14.9. The molecule has 0 aromatic rings. The number of amides is 3. The first-order chi connectivity index (χ1) is 11.9. The highest BCUT2D eigenvalue weighted by Gasteiger charge is 2.25. The van der Waals surface area contributed by atoms with Gasteiger partial charge in [-0.05, 0) is 19.3 Å². The Kier molecular flexibility index (Phi) is 9.89. The van der Waals surface area contributed by atoms with Crippen LogP contribution in [-0.2, 0) is 24.0 Å². The molecule has 0 aliphatic carbocycles. The van der Waals surface area contributed by atoms with Crippen molar-refractivity contribution in [1.29, 1.82) is 0 Å². The maximum Gasteiger partial charge on any atom is 0.326 e. The fourth-order valence-electron chi connectivity index (χ4n) is 1.92. The fourth-order valence-corrected chi connectivity index (χ4v) is 1.92. The lowest BCUT2D eigenvalue weighted by atomic mass is 10.0. The summed E-state index contributed by atoms with van der Waals surface area (Å²) < 4.78 is 0. The Morgan fingerprint density at radius 3 is 1.92 bits per heavy atom. The Labute approximate surface area is 150 Å². The lowest BCUT2D eigenvalue weighted by Gasteiger charge is -2.21. The van der Waals surface area contributed by atoms with E-state index >= 15 is 0 Å². The molecule has 0 aliphatic heterocycles. The maximum absolute atomic E-state index is 12.2. The van der Waals surface area contributed by atoms with Crippen molar-refractivity contribution in [2.45, 2.75) is 51.7 Å². The second kappa shape index (κ2) is 11.0. The van der Waals surface area contributed by atoms with Crippen molar-refractivity contribution in [2.24, 2.45) is 11.7 Å². The van der Waals surface area contributed by atoms with Crippen molar-refractivity contribution in [3.05, 3.63) is 0 Å². The third-order valence-corrected chi connectivity index (χ3v) is 3.19. The van der Waals surface area contributed by atoms with Gasteiger partial charge in [0, 0.05) is 0 Å². The van der Waals surface area contributed by atoms with E-state index in [9.17, 15) is 24.0 Å². The number of carboxylic acid groups (broad SMARTS) is 2. The van der Waals surface area contributed by atoms with E-state index in [1.165, 1.54) is 6.92 Å². The number of rotatable bonds is 11. The van der Waals surface area contributed by atoms with Crippen LogP contribution < -0.4 is 21.7 Å². The number of nitrogens with one attached hydrogen (secondary N) is 3. The van der Waals surface area contributed by atoms with E-state index in [0.717, 1.165) is 0 Å². The molecule has 3 amide bonds. The average molecular weight is 374 g/mol. The lowest BCUT2D eigenvalue weighted by Crippen LogP contribution is -2.53.